The highest BCUT2D eigenvalue weighted by Crippen LogP contribution is 2.28. The summed E-state index contributed by atoms with van der Waals surface area (Å²) in [5.41, 5.74) is 8.08. The van der Waals surface area contributed by atoms with Gasteiger partial charge in [0.1, 0.15) is 6.07 Å². The maximum absolute atomic E-state index is 9.13. The molecule has 1 aromatic carbocycles. The molecule has 1 atom stereocenters. The molecule has 0 bridgehead atoms. The van der Waals surface area contributed by atoms with E-state index in [4.69, 9.17) is 11.0 Å². The van der Waals surface area contributed by atoms with Crippen LogP contribution in [0.25, 0.3) is 0 Å². The Labute approximate surface area is 96.5 Å². The predicted molar refractivity (Wildman–Crippen MR) is 66.2 cm³/mol. The zero-order valence-electron chi connectivity index (χ0n) is 9.61. The zero-order chi connectivity index (χ0) is 11.5. The van der Waals surface area contributed by atoms with Crippen molar-refractivity contribution in [1.29, 1.82) is 5.26 Å². The predicted octanol–water partition coefficient (Wildman–Crippen LogP) is 2.52. The Morgan fingerprint density at radius 3 is 2.94 bits per heavy atom. The van der Waals surface area contributed by atoms with Crippen molar-refractivity contribution in [3.05, 3.63) is 23.8 Å². The van der Waals surface area contributed by atoms with Crippen LogP contribution in [0.2, 0.25) is 0 Å². The summed E-state index contributed by atoms with van der Waals surface area (Å²) < 4.78 is 0. The van der Waals surface area contributed by atoms with Crippen molar-refractivity contribution in [3.8, 4) is 6.07 Å². The second kappa shape index (κ2) is 4.44. The number of nitrogens with two attached hydrogens (primary N) is 1. The van der Waals surface area contributed by atoms with E-state index >= 15 is 0 Å². The molecule has 0 unspecified atom stereocenters. The summed E-state index contributed by atoms with van der Waals surface area (Å²) in [6, 6.07) is 8.35. The fraction of sp³-hybridized carbons (Fsp3) is 0.462. The van der Waals surface area contributed by atoms with Crippen LogP contribution >= 0.6 is 0 Å². The largest absolute Gasteiger partial charge is 0.399 e. The van der Waals surface area contributed by atoms with Crippen LogP contribution in [0.1, 0.15) is 31.7 Å². The van der Waals surface area contributed by atoms with Gasteiger partial charge in [0.15, 0.2) is 0 Å². The quantitative estimate of drug-likeness (QED) is 0.732. The summed E-state index contributed by atoms with van der Waals surface area (Å²) >= 11 is 0. The smallest absolute Gasteiger partial charge is 0.101 e. The second-order valence-electron chi connectivity index (χ2n) is 4.43. The first-order valence-electron chi connectivity index (χ1n) is 5.78. The van der Waals surface area contributed by atoms with Crippen molar-refractivity contribution in [2.75, 3.05) is 17.2 Å². The minimum atomic E-state index is 0.518. The third-order valence-corrected chi connectivity index (χ3v) is 3.25. The SMILES string of the molecule is C[C@H]1CCCCN1c1ccc(N)cc1C#N. The van der Waals surface area contributed by atoms with Crippen molar-refractivity contribution in [1.82, 2.24) is 0 Å². The normalized spacial score (nSPS) is 20.5. The van der Waals surface area contributed by atoms with Crippen molar-refractivity contribution < 1.29 is 0 Å². The Morgan fingerprint density at radius 1 is 1.44 bits per heavy atom. The van der Waals surface area contributed by atoms with Crippen LogP contribution in [-0.2, 0) is 0 Å². The maximum atomic E-state index is 9.13. The average molecular weight is 215 g/mol. The molecule has 1 aliphatic heterocycles. The summed E-state index contributed by atoms with van der Waals surface area (Å²) in [5.74, 6) is 0. The number of hydrogen-bond acceptors (Lipinski definition) is 3. The van der Waals surface area contributed by atoms with Gasteiger partial charge in [-0.1, -0.05) is 0 Å². The fourth-order valence-electron chi connectivity index (χ4n) is 2.35. The molecule has 1 heterocycles. The molecule has 0 amide bonds. The molecular weight excluding hydrogens is 198 g/mol. The standard InChI is InChI=1S/C13H17N3/c1-10-4-2-3-7-16(10)13-6-5-12(15)8-11(13)9-14/h5-6,8,10H,2-4,7,15H2,1H3/t10-/m0/s1. The van der Waals surface area contributed by atoms with E-state index in [9.17, 15) is 0 Å². The molecule has 0 spiro atoms. The third-order valence-electron chi connectivity index (χ3n) is 3.25. The fourth-order valence-corrected chi connectivity index (χ4v) is 2.35. The molecule has 2 rings (SSSR count). The molecule has 0 aliphatic carbocycles. The minimum Gasteiger partial charge on any atom is -0.399 e. The summed E-state index contributed by atoms with van der Waals surface area (Å²) in [6.07, 6.45) is 3.70. The molecule has 3 nitrogen and oxygen atoms in total. The van der Waals surface area contributed by atoms with Crippen molar-refractivity contribution in [3.63, 3.8) is 0 Å². The Kier molecular flexibility index (Phi) is 3.00. The van der Waals surface area contributed by atoms with Gasteiger partial charge in [0.25, 0.3) is 0 Å². The summed E-state index contributed by atoms with van der Waals surface area (Å²) in [5, 5.41) is 9.13. The lowest BCUT2D eigenvalue weighted by molar-refractivity contribution is 0.484. The van der Waals surface area contributed by atoms with Crippen LogP contribution in [0.3, 0.4) is 0 Å². The van der Waals surface area contributed by atoms with E-state index in [1.807, 2.05) is 12.1 Å². The first-order chi connectivity index (χ1) is 7.72. The van der Waals surface area contributed by atoms with Gasteiger partial charge in [-0.3, -0.25) is 0 Å². The number of hydrogen-bond donors (Lipinski definition) is 1. The highest BCUT2D eigenvalue weighted by atomic mass is 15.2. The van der Waals surface area contributed by atoms with Gasteiger partial charge in [0, 0.05) is 18.3 Å². The van der Waals surface area contributed by atoms with E-state index in [1.165, 1.54) is 19.3 Å². The minimum absolute atomic E-state index is 0.518. The summed E-state index contributed by atoms with van der Waals surface area (Å²) in [6.45, 7) is 3.26. The van der Waals surface area contributed by atoms with E-state index in [2.05, 4.69) is 17.9 Å². The topological polar surface area (TPSA) is 53.0 Å². The van der Waals surface area contributed by atoms with Gasteiger partial charge in [-0.2, -0.15) is 5.26 Å². The molecule has 1 saturated heterocycles. The van der Waals surface area contributed by atoms with Crippen LogP contribution in [0, 0.1) is 11.3 Å². The Bertz CT molecular complexity index is 420. The molecule has 2 N–H and O–H groups in total. The van der Waals surface area contributed by atoms with Crippen LogP contribution in [-0.4, -0.2) is 12.6 Å². The van der Waals surface area contributed by atoms with Gasteiger partial charge in [-0.05, 0) is 44.4 Å². The van der Waals surface area contributed by atoms with Crippen molar-refractivity contribution in [2.24, 2.45) is 0 Å². The van der Waals surface area contributed by atoms with Crippen LogP contribution in [0.4, 0.5) is 11.4 Å². The molecule has 0 aromatic heterocycles. The van der Waals surface area contributed by atoms with E-state index < -0.39 is 0 Å². The van der Waals surface area contributed by atoms with E-state index in [0.29, 0.717) is 17.3 Å². The van der Waals surface area contributed by atoms with Gasteiger partial charge in [-0.25, -0.2) is 0 Å². The van der Waals surface area contributed by atoms with E-state index in [-0.39, 0.29) is 0 Å². The lowest BCUT2D eigenvalue weighted by Gasteiger charge is -2.36. The molecule has 16 heavy (non-hydrogen) atoms. The molecule has 1 aliphatic rings. The third kappa shape index (κ3) is 1.96. The Hall–Kier alpha value is -1.69. The van der Waals surface area contributed by atoms with Crippen LogP contribution < -0.4 is 10.6 Å². The molecule has 1 aromatic rings. The molecule has 0 radical (unpaired) electrons. The number of rotatable bonds is 1. The Balaban J connectivity index is 2.35. The molecule has 1 fully saturated rings. The average Bonchev–Trinajstić information content (AvgIpc) is 2.30. The van der Waals surface area contributed by atoms with Gasteiger partial charge >= 0.3 is 0 Å². The first-order valence-corrected chi connectivity index (χ1v) is 5.78. The number of anilines is 2. The number of piperidine rings is 1. The number of benzene rings is 1. The van der Waals surface area contributed by atoms with Crippen molar-refractivity contribution >= 4 is 11.4 Å². The van der Waals surface area contributed by atoms with Gasteiger partial charge in [0.05, 0.1) is 11.3 Å². The molecule has 0 saturated carbocycles. The van der Waals surface area contributed by atoms with Crippen LogP contribution in [0.15, 0.2) is 18.2 Å². The zero-order valence-corrected chi connectivity index (χ0v) is 9.61. The molecular formula is C13H17N3. The van der Waals surface area contributed by atoms with E-state index in [1.54, 1.807) is 6.07 Å². The summed E-state index contributed by atoms with van der Waals surface area (Å²) in [7, 11) is 0. The maximum Gasteiger partial charge on any atom is 0.101 e. The molecule has 84 valence electrons. The number of nitrogen functional groups attached to an aromatic ring is 1. The Morgan fingerprint density at radius 2 is 2.25 bits per heavy atom. The van der Waals surface area contributed by atoms with Gasteiger partial charge < -0.3 is 10.6 Å². The van der Waals surface area contributed by atoms with Crippen LogP contribution in [0.5, 0.6) is 0 Å². The van der Waals surface area contributed by atoms with Gasteiger partial charge in [0.2, 0.25) is 0 Å². The second-order valence-corrected chi connectivity index (χ2v) is 4.43. The molecule has 3 heteroatoms. The van der Waals surface area contributed by atoms with Gasteiger partial charge in [-0.15, -0.1) is 0 Å². The lowest BCUT2D eigenvalue weighted by atomic mass is 10.0. The summed E-state index contributed by atoms with van der Waals surface area (Å²) in [4.78, 5) is 2.32. The monoisotopic (exact) mass is 215 g/mol. The number of nitrogens with zero attached hydrogens (tertiary/aromatic N) is 2. The highest BCUT2D eigenvalue weighted by Gasteiger charge is 2.20. The lowest BCUT2D eigenvalue weighted by Crippen LogP contribution is -2.37. The van der Waals surface area contributed by atoms with Crippen molar-refractivity contribution in [2.45, 2.75) is 32.2 Å². The van der Waals surface area contributed by atoms with E-state index in [0.717, 1.165) is 12.2 Å². The first kappa shape index (κ1) is 10.8. The highest BCUT2D eigenvalue weighted by molar-refractivity contribution is 5.64. The number of nitriles is 1.